The predicted molar refractivity (Wildman–Crippen MR) is 70.1 cm³/mol. The van der Waals surface area contributed by atoms with Crippen LogP contribution in [0.5, 0.6) is 0 Å². The number of nitrogens with one attached hydrogen (secondary N) is 1. The van der Waals surface area contributed by atoms with Crippen LogP contribution in [0.1, 0.15) is 20.3 Å². The van der Waals surface area contributed by atoms with Gasteiger partial charge in [0.25, 0.3) is 0 Å². The molecule has 0 bridgehead atoms. The number of carbonyl (C=O) groups is 1. The van der Waals surface area contributed by atoms with Gasteiger partial charge in [0.15, 0.2) is 5.78 Å². The number of Topliss-reactive ketones (excluding diaryl/α,β-unsaturated/α-hetero) is 1. The standard InChI is InChI=1S/C14H16N2O/c1-3-13(17)10(2)15-14-9-8-11-6-4-5-7-12(11)16-14/h4-10H,3H2,1-2H3,(H,15,16)/t10-/m1/s1. The summed E-state index contributed by atoms with van der Waals surface area (Å²) in [5, 5.41) is 4.23. The van der Waals surface area contributed by atoms with Crippen LogP contribution in [0.2, 0.25) is 0 Å². The zero-order chi connectivity index (χ0) is 12.3. The molecule has 0 aliphatic heterocycles. The van der Waals surface area contributed by atoms with Gasteiger partial charge in [0, 0.05) is 11.8 Å². The fourth-order valence-corrected chi connectivity index (χ4v) is 1.75. The summed E-state index contributed by atoms with van der Waals surface area (Å²) in [7, 11) is 0. The second-order valence-corrected chi connectivity index (χ2v) is 4.08. The topological polar surface area (TPSA) is 42.0 Å². The number of ketones is 1. The van der Waals surface area contributed by atoms with Crippen molar-refractivity contribution >= 4 is 22.5 Å². The summed E-state index contributed by atoms with van der Waals surface area (Å²) in [6, 6.07) is 11.7. The van der Waals surface area contributed by atoms with E-state index in [4.69, 9.17) is 0 Å². The van der Waals surface area contributed by atoms with E-state index in [1.165, 1.54) is 0 Å². The number of anilines is 1. The summed E-state index contributed by atoms with van der Waals surface area (Å²) in [5.41, 5.74) is 0.939. The Morgan fingerprint density at radius 3 is 2.82 bits per heavy atom. The van der Waals surface area contributed by atoms with Gasteiger partial charge in [0.1, 0.15) is 5.82 Å². The first kappa shape index (κ1) is 11.6. The van der Waals surface area contributed by atoms with Crippen LogP contribution in [0.4, 0.5) is 5.82 Å². The quantitative estimate of drug-likeness (QED) is 0.874. The number of para-hydroxylation sites is 1. The molecule has 0 aliphatic carbocycles. The Balaban J connectivity index is 2.22. The molecule has 0 saturated heterocycles. The molecule has 1 atom stereocenters. The number of carbonyl (C=O) groups excluding carboxylic acids is 1. The van der Waals surface area contributed by atoms with Crippen molar-refractivity contribution in [2.75, 3.05) is 5.32 Å². The van der Waals surface area contributed by atoms with Gasteiger partial charge >= 0.3 is 0 Å². The molecule has 3 nitrogen and oxygen atoms in total. The first-order valence-corrected chi connectivity index (χ1v) is 5.85. The van der Waals surface area contributed by atoms with E-state index in [2.05, 4.69) is 10.3 Å². The number of hydrogen-bond donors (Lipinski definition) is 1. The largest absolute Gasteiger partial charge is 0.361 e. The van der Waals surface area contributed by atoms with Crippen LogP contribution in [-0.4, -0.2) is 16.8 Å². The van der Waals surface area contributed by atoms with Gasteiger partial charge in [0.2, 0.25) is 0 Å². The van der Waals surface area contributed by atoms with Crippen molar-refractivity contribution in [1.82, 2.24) is 4.98 Å². The highest BCUT2D eigenvalue weighted by Gasteiger charge is 2.10. The summed E-state index contributed by atoms with van der Waals surface area (Å²) in [4.78, 5) is 16.0. The van der Waals surface area contributed by atoms with Crippen molar-refractivity contribution in [2.24, 2.45) is 0 Å². The zero-order valence-corrected chi connectivity index (χ0v) is 10.1. The van der Waals surface area contributed by atoms with Gasteiger partial charge in [-0.25, -0.2) is 4.98 Å². The molecule has 0 fully saturated rings. The fraction of sp³-hybridized carbons (Fsp3) is 0.286. The molecule has 0 spiro atoms. The van der Waals surface area contributed by atoms with Crippen molar-refractivity contribution in [3.63, 3.8) is 0 Å². The van der Waals surface area contributed by atoms with Gasteiger partial charge in [-0.05, 0) is 25.1 Å². The summed E-state index contributed by atoms with van der Waals surface area (Å²) >= 11 is 0. The molecule has 0 radical (unpaired) electrons. The fourth-order valence-electron chi connectivity index (χ4n) is 1.75. The molecule has 1 heterocycles. The van der Waals surface area contributed by atoms with Crippen molar-refractivity contribution in [3.05, 3.63) is 36.4 Å². The molecule has 17 heavy (non-hydrogen) atoms. The first-order chi connectivity index (χ1) is 8.20. The number of nitrogens with zero attached hydrogens (tertiary/aromatic N) is 1. The Bertz CT molecular complexity index is 536. The molecule has 2 aromatic rings. The predicted octanol–water partition coefficient (Wildman–Crippen LogP) is 3.01. The van der Waals surface area contributed by atoms with Crippen LogP contribution in [0, 0.1) is 0 Å². The molecule has 0 aliphatic rings. The molecule has 1 N–H and O–H groups in total. The molecule has 0 unspecified atom stereocenters. The van der Waals surface area contributed by atoms with Crippen molar-refractivity contribution in [3.8, 4) is 0 Å². The highest BCUT2D eigenvalue weighted by Crippen LogP contribution is 2.15. The van der Waals surface area contributed by atoms with Crippen LogP contribution >= 0.6 is 0 Å². The lowest BCUT2D eigenvalue weighted by molar-refractivity contribution is -0.119. The highest BCUT2D eigenvalue weighted by molar-refractivity contribution is 5.86. The van der Waals surface area contributed by atoms with Crippen LogP contribution in [0.15, 0.2) is 36.4 Å². The smallest absolute Gasteiger partial charge is 0.154 e. The monoisotopic (exact) mass is 228 g/mol. The van der Waals surface area contributed by atoms with E-state index in [0.29, 0.717) is 6.42 Å². The van der Waals surface area contributed by atoms with E-state index < -0.39 is 0 Å². The van der Waals surface area contributed by atoms with Gasteiger partial charge in [-0.2, -0.15) is 0 Å². The molecule has 0 saturated carbocycles. The molecular weight excluding hydrogens is 212 g/mol. The third kappa shape index (κ3) is 2.61. The van der Waals surface area contributed by atoms with E-state index >= 15 is 0 Å². The molecule has 2 rings (SSSR count). The number of aromatic nitrogens is 1. The van der Waals surface area contributed by atoms with Crippen molar-refractivity contribution in [2.45, 2.75) is 26.3 Å². The van der Waals surface area contributed by atoms with E-state index in [1.807, 2.05) is 50.2 Å². The van der Waals surface area contributed by atoms with Crippen molar-refractivity contribution < 1.29 is 4.79 Å². The minimum absolute atomic E-state index is 0.186. The van der Waals surface area contributed by atoms with Gasteiger partial charge in [-0.15, -0.1) is 0 Å². The second kappa shape index (κ2) is 4.95. The number of fused-ring (bicyclic) bond motifs is 1. The van der Waals surface area contributed by atoms with Gasteiger partial charge in [-0.3, -0.25) is 4.79 Å². The molecule has 3 heteroatoms. The summed E-state index contributed by atoms with van der Waals surface area (Å²) in [5.74, 6) is 0.943. The van der Waals surface area contributed by atoms with E-state index in [9.17, 15) is 4.79 Å². The summed E-state index contributed by atoms with van der Waals surface area (Å²) < 4.78 is 0. The Morgan fingerprint density at radius 1 is 1.29 bits per heavy atom. The third-order valence-corrected chi connectivity index (χ3v) is 2.79. The van der Waals surface area contributed by atoms with Gasteiger partial charge < -0.3 is 5.32 Å². The minimum Gasteiger partial charge on any atom is -0.361 e. The first-order valence-electron chi connectivity index (χ1n) is 5.85. The number of rotatable bonds is 4. The summed E-state index contributed by atoms with van der Waals surface area (Å²) in [6.07, 6.45) is 0.543. The SMILES string of the molecule is CCC(=O)[C@@H](C)Nc1ccc2ccccc2n1. The molecule has 88 valence electrons. The third-order valence-electron chi connectivity index (χ3n) is 2.79. The van der Waals surface area contributed by atoms with Crippen LogP contribution in [0.25, 0.3) is 10.9 Å². The van der Waals surface area contributed by atoms with Crippen LogP contribution < -0.4 is 5.32 Å². The minimum atomic E-state index is -0.186. The molecular formula is C14H16N2O. The lowest BCUT2D eigenvalue weighted by atomic mass is 10.1. The summed E-state index contributed by atoms with van der Waals surface area (Å²) in [6.45, 7) is 3.73. The average Bonchev–Trinajstić information content (AvgIpc) is 2.37. The Morgan fingerprint density at radius 2 is 2.06 bits per heavy atom. The maximum atomic E-state index is 11.5. The lowest BCUT2D eigenvalue weighted by Crippen LogP contribution is -2.25. The maximum Gasteiger partial charge on any atom is 0.154 e. The Kier molecular flexibility index (Phi) is 3.38. The molecule has 0 amide bonds. The highest BCUT2D eigenvalue weighted by atomic mass is 16.1. The van der Waals surface area contributed by atoms with Crippen LogP contribution in [0.3, 0.4) is 0 Å². The number of benzene rings is 1. The number of pyridine rings is 1. The van der Waals surface area contributed by atoms with Gasteiger partial charge in [-0.1, -0.05) is 25.1 Å². The maximum absolute atomic E-state index is 11.5. The van der Waals surface area contributed by atoms with Gasteiger partial charge in [0.05, 0.1) is 11.6 Å². The Hall–Kier alpha value is -1.90. The average molecular weight is 228 g/mol. The number of hydrogen-bond acceptors (Lipinski definition) is 3. The lowest BCUT2D eigenvalue weighted by Gasteiger charge is -2.12. The molecule has 1 aromatic heterocycles. The Labute approximate surface area is 101 Å². The van der Waals surface area contributed by atoms with E-state index in [1.54, 1.807) is 0 Å². The second-order valence-electron chi connectivity index (χ2n) is 4.08. The van der Waals surface area contributed by atoms with E-state index in [0.717, 1.165) is 16.7 Å². The van der Waals surface area contributed by atoms with E-state index in [-0.39, 0.29) is 11.8 Å². The zero-order valence-electron chi connectivity index (χ0n) is 10.1. The van der Waals surface area contributed by atoms with Crippen LogP contribution in [-0.2, 0) is 4.79 Å². The molecule has 1 aromatic carbocycles. The van der Waals surface area contributed by atoms with Crippen molar-refractivity contribution in [1.29, 1.82) is 0 Å². The normalized spacial score (nSPS) is 12.4.